The lowest BCUT2D eigenvalue weighted by Crippen LogP contribution is -2.44. The van der Waals surface area contributed by atoms with Gasteiger partial charge in [0.05, 0.1) is 24.5 Å². The third-order valence-electron chi connectivity index (χ3n) is 7.42. The van der Waals surface area contributed by atoms with Crippen LogP contribution in [-0.2, 0) is 6.54 Å². The third kappa shape index (κ3) is 4.01. The number of anilines is 4. The molecular formula is C31H31N3O2. The predicted molar refractivity (Wildman–Crippen MR) is 147 cm³/mol. The molecule has 0 amide bonds. The van der Waals surface area contributed by atoms with Crippen LogP contribution >= 0.6 is 0 Å². The maximum absolute atomic E-state index is 10.4. The molecule has 0 aromatic heterocycles. The Bertz CT molecular complexity index is 1360. The van der Waals surface area contributed by atoms with Crippen molar-refractivity contribution in [3.63, 3.8) is 0 Å². The van der Waals surface area contributed by atoms with Crippen molar-refractivity contribution < 1.29 is 9.84 Å². The second kappa shape index (κ2) is 9.50. The van der Waals surface area contributed by atoms with Crippen molar-refractivity contribution in [1.29, 1.82) is 0 Å². The Balaban J connectivity index is 1.33. The van der Waals surface area contributed by atoms with Gasteiger partial charge in [-0.25, -0.2) is 0 Å². The number of phenolic OH excluding ortho intramolecular Hbond substituents is 1. The zero-order valence-electron chi connectivity index (χ0n) is 20.5. The zero-order valence-corrected chi connectivity index (χ0v) is 20.5. The molecule has 5 heteroatoms. The van der Waals surface area contributed by atoms with Crippen LogP contribution < -0.4 is 19.4 Å². The zero-order chi connectivity index (χ0) is 24.5. The number of para-hydroxylation sites is 3. The predicted octanol–water partition coefficient (Wildman–Crippen LogP) is 6.51. The Labute approximate surface area is 212 Å². The summed E-state index contributed by atoms with van der Waals surface area (Å²) < 4.78 is 5.25. The van der Waals surface area contributed by atoms with E-state index in [0.717, 1.165) is 38.3 Å². The van der Waals surface area contributed by atoms with E-state index in [1.165, 1.54) is 28.2 Å². The topological polar surface area (TPSA) is 39.2 Å². The minimum Gasteiger partial charge on any atom is -0.504 e. The van der Waals surface area contributed by atoms with E-state index in [1.54, 1.807) is 13.2 Å². The standard InChI is InChI=1S/C31H31N3O2/c1-36-31-16-15-24(21-30(31)35)33-18-17-27(25-11-5-6-12-26(25)33)34-20-19-32(22-23-9-3-2-4-10-23)28-13-7-8-14-29(28)34/h2-16,21,27,35H,17-20,22H2,1H3. The Kier molecular flexibility index (Phi) is 5.90. The molecule has 0 saturated carbocycles. The monoisotopic (exact) mass is 477 g/mol. The molecule has 2 aliphatic heterocycles. The molecule has 0 bridgehead atoms. The second-order valence-electron chi connectivity index (χ2n) is 9.46. The van der Waals surface area contributed by atoms with Crippen molar-refractivity contribution in [3.8, 4) is 11.5 Å². The highest BCUT2D eigenvalue weighted by Crippen LogP contribution is 2.46. The first kappa shape index (κ1) is 22.4. The molecule has 2 heterocycles. The van der Waals surface area contributed by atoms with Gasteiger partial charge in [0.1, 0.15) is 0 Å². The van der Waals surface area contributed by atoms with Gasteiger partial charge in [0.25, 0.3) is 0 Å². The molecule has 6 rings (SSSR count). The van der Waals surface area contributed by atoms with E-state index in [1.807, 2.05) is 12.1 Å². The molecule has 1 N–H and O–H groups in total. The fourth-order valence-corrected chi connectivity index (χ4v) is 5.72. The minimum atomic E-state index is 0.165. The summed E-state index contributed by atoms with van der Waals surface area (Å²) in [6.07, 6.45) is 0.997. The van der Waals surface area contributed by atoms with Gasteiger partial charge >= 0.3 is 0 Å². The third-order valence-corrected chi connectivity index (χ3v) is 7.42. The van der Waals surface area contributed by atoms with E-state index in [2.05, 4.69) is 93.6 Å². The number of ether oxygens (including phenoxy) is 1. The Morgan fingerprint density at radius 2 is 1.50 bits per heavy atom. The number of hydrogen-bond acceptors (Lipinski definition) is 5. The van der Waals surface area contributed by atoms with Crippen LogP contribution in [0.5, 0.6) is 11.5 Å². The number of hydrogen-bond donors (Lipinski definition) is 1. The Morgan fingerprint density at radius 3 is 2.28 bits per heavy atom. The highest BCUT2D eigenvalue weighted by molar-refractivity contribution is 5.77. The highest BCUT2D eigenvalue weighted by Gasteiger charge is 2.34. The van der Waals surface area contributed by atoms with Crippen molar-refractivity contribution in [2.75, 3.05) is 41.4 Å². The summed E-state index contributed by atoms with van der Waals surface area (Å²) in [5, 5.41) is 10.4. The summed E-state index contributed by atoms with van der Waals surface area (Å²) in [4.78, 5) is 7.41. The molecule has 2 aliphatic rings. The second-order valence-corrected chi connectivity index (χ2v) is 9.46. The maximum atomic E-state index is 10.4. The van der Waals surface area contributed by atoms with E-state index in [4.69, 9.17) is 4.74 Å². The van der Waals surface area contributed by atoms with Gasteiger partial charge in [-0.2, -0.15) is 0 Å². The number of methoxy groups -OCH3 is 1. The van der Waals surface area contributed by atoms with Crippen LogP contribution in [-0.4, -0.2) is 31.9 Å². The van der Waals surface area contributed by atoms with Gasteiger partial charge in [0, 0.05) is 43.6 Å². The lowest BCUT2D eigenvalue weighted by Gasteiger charge is -2.46. The Morgan fingerprint density at radius 1 is 0.778 bits per heavy atom. The molecule has 1 atom stereocenters. The molecule has 0 saturated heterocycles. The van der Waals surface area contributed by atoms with E-state index in [9.17, 15) is 5.11 Å². The van der Waals surface area contributed by atoms with Crippen molar-refractivity contribution in [1.82, 2.24) is 0 Å². The number of nitrogens with zero attached hydrogens (tertiary/aromatic N) is 3. The van der Waals surface area contributed by atoms with Gasteiger partial charge in [0.15, 0.2) is 11.5 Å². The van der Waals surface area contributed by atoms with Gasteiger partial charge in [-0.05, 0) is 47.9 Å². The highest BCUT2D eigenvalue weighted by atomic mass is 16.5. The molecule has 4 aromatic rings. The van der Waals surface area contributed by atoms with Crippen LogP contribution in [0.3, 0.4) is 0 Å². The van der Waals surface area contributed by atoms with Crippen LogP contribution in [0, 0.1) is 0 Å². The first-order valence-corrected chi connectivity index (χ1v) is 12.6. The van der Waals surface area contributed by atoms with Crippen molar-refractivity contribution in [3.05, 3.63) is 108 Å². The van der Waals surface area contributed by atoms with Crippen molar-refractivity contribution in [2.24, 2.45) is 0 Å². The van der Waals surface area contributed by atoms with Gasteiger partial charge in [-0.3, -0.25) is 0 Å². The SMILES string of the molecule is COc1ccc(N2CCC(N3CCN(Cc4ccccc4)c4ccccc43)c3ccccc32)cc1O. The molecule has 182 valence electrons. The van der Waals surface area contributed by atoms with Crippen LogP contribution in [0.4, 0.5) is 22.7 Å². The van der Waals surface area contributed by atoms with Crippen molar-refractivity contribution >= 4 is 22.7 Å². The number of benzene rings is 4. The lowest BCUT2D eigenvalue weighted by molar-refractivity contribution is 0.373. The summed E-state index contributed by atoms with van der Waals surface area (Å²) >= 11 is 0. The molecule has 0 spiro atoms. The largest absolute Gasteiger partial charge is 0.504 e. The number of aromatic hydroxyl groups is 1. The smallest absolute Gasteiger partial charge is 0.160 e. The summed E-state index contributed by atoms with van der Waals surface area (Å²) in [6, 6.07) is 34.2. The molecule has 4 aromatic carbocycles. The number of rotatable bonds is 5. The van der Waals surface area contributed by atoms with Gasteiger partial charge in [0.2, 0.25) is 0 Å². The van der Waals surface area contributed by atoms with Gasteiger partial charge in [-0.15, -0.1) is 0 Å². The number of phenols is 1. The van der Waals surface area contributed by atoms with E-state index in [-0.39, 0.29) is 5.75 Å². The van der Waals surface area contributed by atoms with E-state index < -0.39 is 0 Å². The maximum Gasteiger partial charge on any atom is 0.160 e. The molecule has 36 heavy (non-hydrogen) atoms. The fraction of sp³-hybridized carbons (Fsp3) is 0.226. The molecule has 0 fully saturated rings. The first-order valence-electron chi connectivity index (χ1n) is 12.6. The van der Waals surface area contributed by atoms with Crippen LogP contribution in [0.1, 0.15) is 23.6 Å². The summed E-state index contributed by atoms with van der Waals surface area (Å²) in [5.74, 6) is 0.657. The normalized spacial score (nSPS) is 16.9. The fourth-order valence-electron chi connectivity index (χ4n) is 5.72. The van der Waals surface area contributed by atoms with Crippen LogP contribution in [0.25, 0.3) is 0 Å². The molecule has 0 aliphatic carbocycles. The first-order chi connectivity index (χ1) is 17.7. The minimum absolute atomic E-state index is 0.165. The summed E-state index contributed by atoms with van der Waals surface area (Å²) in [6.45, 7) is 3.76. The molecule has 5 nitrogen and oxygen atoms in total. The van der Waals surface area contributed by atoms with E-state index >= 15 is 0 Å². The van der Waals surface area contributed by atoms with Crippen LogP contribution in [0.15, 0.2) is 97.1 Å². The van der Waals surface area contributed by atoms with Crippen LogP contribution in [0.2, 0.25) is 0 Å². The Hall–Kier alpha value is -4.12. The summed E-state index contributed by atoms with van der Waals surface area (Å²) in [7, 11) is 1.58. The molecule has 1 unspecified atom stereocenters. The molecular weight excluding hydrogens is 446 g/mol. The number of fused-ring (bicyclic) bond motifs is 2. The van der Waals surface area contributed by atoms with E-state index in [0.29, 0.717) is 11.8 Å². The van der Waals surface area contributed by atoms with Gasteiger partial charge < -0.3 is 24.5 Å². The van der Waals surface area contributed by atoms with Crippen molar-refractivity contribution in [2.45, 2.75) is 19.0 Å². The molecule has 0 radical (unpaired) electrons. The lowest BCUT2D eigenvalue weighted by atomic mass is 9.93. The average Bonchev–Trinajstić information content (AvgIpc) is 2.93. The summed E-state index contributed by atoms with van der Waals surface area (Å²) in [5.41, 5.74) is 7.44. The van der Waals surface area contributed by atoms with Gasteiger partial charge in [-0.1, -0.05) is 60.7 Å². The average molecular weight is 478 g/mol. The quantitative estimate of drug-likeness (QED) is 0.355.